The summed E-state index contributed by atoms with van der Waals surface area (Å²) >= 11 is 1.89. The maximum absolute atomic E-state index is 12.6. The number of amides is 3. The van der Waals surface area contributed by atoms with Crippen molar-refractivity contribution >= 4 is 29.7 Å². The Balaban J connectivity index is 1.22. The summed E-state index contributed by atoms with van der Waals surface area (Å²) in [7, 11) is 0. The lowest BCUT2D eigenvalue weighted by atomic mass is 9.74. The molecular weight excluding hydrogens is 370 g/mol. The van der Waals surface area contributed by atoms with Crippen LogP contribution in [-0.2, 0) is 14.3 Å². The number of hydrogen-bond donors (Lipinski definition) is 3. The number of aliphatic carboxylic acids is 1. The number of thioether (sulfide) groups is 1. The van der Waals surface area contributed by atoms with Crippen LogP contribution in [0.3, 0.4) is 0 Å². The minimum Gasteiger partial charge on any atom is -0.481 e. The Labute approximate surface area is 162 Å². The standard InChI is InChI=1S/C18H27N3O5S/c22-14(21-7-11-8-26-6-5-18(11,10-21)16(23)24)4-2-1-3-13-15-12(9-27-13)19-17(25)20-15/h11-13,15H,1-10H2,(H,23,24)(H2,19,20,25)/t11-,12-,13-,15-,18+/m0/s1. The second kappa shape index (κ2) is 7.50. The average molecular weight is 397 g/mol. The minimum atomic E-state index is -0.822. The van der Waals surface area contributed by atoms with E-state index in [9.17, 15) is 19.5 Å². The highest BCUT2D eigenvalue weighted by molar-refractivity contribution is 8.00. The van der Waals surface area contributed by atoms with E-state index in [0.717, 1.165) is 25.0 Å². The van der Waals surface area contributed by atoms with E-state index in [-0.39, 0.29) is 29.9 Å². The van der Waals surface area contributed by atoms with Crippen molar-refractivity contribution in [1.82, 2.24) is 15.5 Å². The quantitative estimate of drug-likeness (QED) is 0.449. The molecule has 4 aliphatic heterocycles. The predicted octanol–water partition coefficient (Wildman–Crippen LogP) is 0.662. The van der Waals surface area contributed by atoms with Gasteiger partial charge in [0.15, 0.2) is 0 Å². The third kappa shape index (κ3) is 3.51. The largest absolute Gasteiger partial charge is 0.481 e. The van der Waals surface area contributed by atoms with E-state index >= 15 is 0 Å². The van der Waals surface area contributed by atoms with Crippen molar-refractivity contribution in [2.75, 3.05) is 32.1 Å². The lowest BCUT2D eigenvalue weighted by Gasteiger charge is -2.33. The first-order valence-corrected chi connectivity index (χ1v) is 10.8. The lowest BCUT2D eigenvalue weighted by molar-refractivity contribution is -0.157. The Morgan fingerprint density at radius 1 is 1.33 bits per heavy atom. The zero-order chi connectivity index (χ0) is 19.0. The molecule has 0 bridgehead atoms. The van der Waals surface area contributed by atoms with Gasteiger partial charge in [-0.1, -0.05) is 6.42 Å². The van der Waals surface area contributed by atoms with Crippen LogP contribution in [0.15, 0.2) is 0 Å². The van der Waals surface area contributed by atoms with Crippen molar-refractivity contribution in [3.8, 4) is 0 Å². The van der Waals surface area contributed by atoms with Crippen LogP contribution < -0.4 is 10.6 Å². The van der Waals surface area contributed by atoms with Crippen LogP contribution in [0.5, 0.6) is 0 Å². The molecule has 4 rings (SSSR count). The van der Waals surface area contributed by atoms with Gasteiger partial charge in [0.2, 0.25) is 5.91 Å². The number of carbonyl (C=O) groups is 3. The normalized spacial score (nSPS) is 37.5. The van der Waals surface area contributed by atoms with Crippen LogP contribution in [0.25, 0.3) is 0 Å². The maximum atomic E-state index is 12.6. The van der Waals surface area contributed by atoms with Gasteiger partial charge in [0.05, 0.1) is 24.1 Å². The Hall–Kier alpha value is -1.48. The first-order chi connectivity index (χ1) is 13.0. The SMILES string of the molecule is O=C1N[C@H]2[C@H](CS[C@H]2CCCCC(=O)N2C[C@H]3COCC[C@@]3(C(=O)O)C2)N1. The molecule has 4 fully saturated rings. The molecule has 9 heteroatoms. The fourth-order valence-corrected chi connectivity index (χ4v) is 6.46. The fraction of sp³-hybridized carbons (Fsp3) is 0.833. The summed E-state index contributed by atoms with van der Waals surface area (Å²) in [6, 6.07) is 0.365. The first kappa shape index (κ1) is 18.9. The molecule has 27 heavy (non-hydrogen) atoms. The molecular formula is C18H27N3O5S. The summed E-state index contributed by atoms with van der Waals surface area (Å²) < 4.78 is 5.45. The molecule has 3 amide bonds. The Kier molecular flexibility index (Phi) is 5.24. The monoisotopic (exact) mass is 397 g/mol. The zero-order valence-electron chi connectivity index (χ0n) is 15.3. The van der Waals surface area contributed by atoms with Gasteiger partial charge in [-0.05, 0) is 19.3 Å². The van der Waals surface area contributed by atoms with Crippen LogP contribution in [0.1, 0.15) is 32.1 Å². The zero-order valence-corrected chi connectivity index (χ0v) is 16.1. The molecule has 4 saturated heterocycles. The summed E-state index contributed by atoms with van der Waals surface area (Å²) in [5, 5.41) is 16.0. The Morgan fingerprint density at radius 3 is 2.96 bits per heavy atom. The second-order valence-electron chi connectivity index (χ2n) is 8.13. The number of fused-ring (bicyclic) bond motifs is 2. The third-order valence-corrected chi connectivity index (χ3v) is 8.06. The molecule has 0 saturated carbocycles. The van der Waals surface area contributed by atoms with E-state index in [2.05, 4.69) is 10.6 Å². The van der Waals surface area contributed by atoms with Gasteiger partial charge >= 0.3 is 12.0 Å². The van der Waals surface area contributed by atoms with E-state index in [1.54, 1.807) is 4.90 Å². The van der Waals surface area contributed by atoms with Crippen LogP contribution in [-0.4, -0.2) is 77.3 Å². The molecule has 4 aliphatic rings. The first-order valence-electron chi connectivity index (χ1n) is 9.77. The number of hydrogen-bond acceptors (Lipinski definition) is 5. The summed E-state index contributed by atoms with van der Waals surface area (Å²) in [6.07, 6.45) is 3.66. The van der Waals surface area contributed by atoms with Crippen molar-refractivity contribution in [2.24, 2.45) is 11.3 Å². The summed E-state index contributed by atoms with van der Waals surface area (Å²) in [5.41, 5.74) is -0.822. The van der Waals surface area contributed by atoms with Gasteiger partial charge in [0.1, 0.15) is 0 Å². The van der Waals surface area contributed by atoms with E-state index < -0.39 is 11.4 Å². The van der Waals surface area contributed by atoms with Crippen LogP contribution >= 0.6 is 11.8 Å². The molecule has 0 aromatic carbocycles. The van der Waals surface area contributed by atoms with Crippen LogP contribution in [0, 0.1) is 11.3 Å². The van der Waals surface area contributed by atoms with E-state index in [0.29, 0.717) is 44.4 Å². The molecule has 0 unspecified atom stereocenters. The summed E-state index contributed by atoms with van der Waals surface area (Å²) in [4.78, 5) is 37.6. The number of likely N-dealkylation sites (tertiary alicyclic amines) is 1. The van der Waals surface area contributed by atoms with E-state index in [4.69, 9.17) is 4.74 Å². The molecule has 3 N–H and O–H groups in total. The van der Waals surface area contributed by atoms with Crippen molar-refractivity contribution in [2.45, 2.75) is 49.4 Å². The van der Waals surface area contributed by atoms with Gasteiger partial charge in [-0.3, -0.25) is 9.59 Å². The van der Waals surface area contributed by atoms with Crippen LogP contribution in [0.4, 0.5) is 4.79 Å². The fourth-order valence-electron chi connectivity index (χ4n) is 4.91. The number of carbonyl (C=O) groups excluding carboxylic acids is 2. The molecule has 150 valence electrons. The van der Waals surface area contributed by atoms with Crippen molar-refractivity contribution in [1.29, 1.82) is 0 Å². The maximum Gasteiger partial charge on any atom is 0.315 e. The van der Waals surface area contributed by atoms with Gasteiger partial charge in [0, 0.05) is 43.0 Å². The number of carboxylic acids is 1. The van der Waals surface area contributed by atoms with Gasteiger partial charge < -0.3 is 25.4 Å². The van der Waals surface area contributed by atoms with Gasteiger partial charge in [-0.25, -0.2) is 4.79 Å². The van der Waals surface area contributed by atoms with E-state index in [1.807, 2.05) is 11.8 Å². The Morgan fingerprint density at radius 2 is 2.19 bits per heavy atom. The number of nitrogens with one attached hydrogen (secondary N) is 2. The minimum absolute atomic E-state index is 0.0535. The molecule has 8 nitrogen and oxygen atoms in total. The second-order valence-corrected chi connectivity index (χ2v) is 9.40. The lowest BCUT2D eigenvalue weighted by Crippen LogP contribution is -2.45. The highest BCUT2D eigenvalue weighted by Crippen LogP contribution is 2.42. The summed E-state index contributed by atoms with van der Waals surface area (Å²) in [6.45, 7) is 1.69. The molecule has 0 spiro atoms. The van der Waals surface area contributed by atoms with Gasteiger partial charge in [0.25, 0.3) is 0 Å². The number of nitrogens with zero attached hydrogens (tertiary/aromatic N) is 1. The molecule has 0 aromatic rings. The number of carboxylic acid groups (broad SMARTS) is 1. The summed E-state index contributed by atoms with van der Waals surface area (Å²) in [5.74, 6) is 0.101. The molecule has 0 radical (unpaired) electrons. The molecule has 4 heterocycles. The van der Waals surface area contributed by atoms with Gasteiger partial charge in [-0.15, -0.1) is 0 Å². The highest BCUT2D eigenvalue weighted by atomic mass is 32.2. The average Bonchev–Trinajstić information content (AvgIpc) is 3.31. The van der Waals surface area contributed by atoms with Crippen molar-refractivity contribution in [3.05, 3.63) is 0 Å². The van der Waals surface area contributed by atoms with Crippen molar-refractivity contribution in [3.63, 3.8) is 0 Å². The number of ether oxygens (including phenoxy) is 1. The molecule has 5 atom stereocenters. The highest BCUT2D eigenvalue weighted by Gasteiger charge is 2.54. The third-order valence-electron chi connectivity index (χ3n) is 6.55. The number of unbranched alkanes of at least 4 members (excludes halogenated alkanes) is 1. The van der Waals surface area contributed by atoms with Crippen LogP contribution in [0.2, 0.25) is 0 Å². The number of urea groups is 1. The smallest absolute Gasteiger partial charge is 0.315 e. The number of rotatable bonds is 6. The topological polar surface area (TPSA) is 108 Å². The van der Waals surface area contributed by atoms with E-state index in [1.165, 1.54) is 0 Å². The molecule has 0 aliphatic carbocycles. The van der Waals surface area contributed by atoms with Crippen molar-refractivity contribution < 1.29 is 24.2 Å². The predicted molar refractivity (Wildman–Crippen MR) is 99.5 cm³/mol. The van der Waals surface area contributed by atoms with Gasteiger partial charge in [-0.2, -0.15) is 11.8 Å². The Bertz CT molecular complexity index is 632. The molecule has 0 aromatic heterocycles.